The van der Waals surface area contributed by atoms with E-state index in [-0.39, 0.29) is 17.6 Å². The Kier molecular flexibility index (Phi) is 5.43. The molecule has 0 aromatic heterocycles. The van der Waals surface area contributed by atoms with Crippen molar-refractivity contribution >= 4 is 17.5 Å². The number of carbonyl (C=O) groups is 2. The fourth-order valence-electron chi connectivity index (χ4n) is 3.07. The molecule has 2 aromatic rings. The van der Waals surface area contributed by atoms with Gasteiger partial charge in [0.1, 0.15) is 11.7 Å². The number of carbonyl (C=O) groups excluding carboxylic acids is 2. The lowest BCUT2D eigenvalue weighted by Gasteiger charge is -2.16. The number of hydrogen-bond acceptors (Lipinski definition) is 2. The standard InChI is InChI=1S/C20H21FN2O2/c21-16-8-10-17(11-9-16)23-14-12-18(20(23)25)19(24)22-13-4-7-15-5-2-1-3-6-15/h1-3,5-6,8-11,18H,4,7,12-14H2,(H,22,24)/t18-/m0/s1. The van der Waals surface area contributed by atoms with Gasteiger partial charge in [-0.15, -0.1) is 0 Å². The number of nitrogens with one attached hydrogen (secondary N) is 1. The Labute approximate surface area is 146 Å². The van der Waals surface area contributed by atoms with Crippen LogP contribution in [-0.4, -0.2) is 24.9 Å². The number of rotatable bonds is 6. The predicted octanol–water partition coefficient (Wildman–Crippen LogP) is 2.93. The minimum Gasteiger partial charge on any atom is -0.355 e. The molecule has 3 rings (SSSR count). The van der Waals surface area contributed by atoms with E-state index in [1.54, 1.807) is 17.0 Å². The fraction of sp³-hybridized carbons (Fsp3) is 0.300. The molecule has 2 amide bonds. The summed E-state index contributed by atoms with van der Waals surface area (Å²) < 4.78 is 13.0. The molecule has 4 nitrogen and oxygen atoms in total. The maximum Gasteiger partial charge on any atom is 0.239 e. The van der Waals surface area contributed by atoms with Gasteiger partial charge < -0.3 is 10.2 Å². The molecule has 2 aromatic carbocycles. The van der Waals surface area contributed by atoms with Crippen molar-refractivity contribution in [3.05, 3.63) is 66.0 Å². The summed E-state index contributed by atoms with van der Waals surface area (Å²) in [6.07, 6.45) is 2.21. The summed E-state index contributed by atoms with van der Waals surface area (Å²) in [5.74, 6) is -1.43. The number of anilines is 1. The smallest absolute Gasteiger partial charge is 0.239 e. The Morgan fingerprint density at radius 1 is 1.12 bits per heavy atom. The van der Waals surface area contributed by atoms with Gasteiger partial charge in [-0.1, -0.05) is 30.3 Å². The first kappa shape index (κ1) is 17.1. The van der Waals surface area contributed by atoms with Gasteiger partial charge in [0.2, 0.25) is 11.8 Å². The van der Waals surface area contributed by atoms with Crippen molar-refractivity contribution in [1.82, 2.24) is 5.32 Å². The van der Waals surface area contributed by atoms with Crippen LogP contribution in [-0.2, 0) is 16.0 Å². The number of halogens is 1. The molecule has 0 radical (unpaired) electrons. The molecule has 1 atom stereocenters. The van der Waals surface area contributed by atoms with Crippen LogP contribution < -0.4 is 10.2 Å². The zero-order valence-electron chi connectivity index (χ0n) is 14.0. The van der Waals surface area contributed by atoms with Gasteiger partial charge in [0, 0.05) is 18.8 Å². The summed E-state index contributed by atoms with van der Waals surface area (Å²) in [5, 5.41) is 2.86. The number of aryl methyl sites for hydroxylation is 1. The molecular weight excluding hydrogens is 319 g/mol. The monoisotopic (exact) mass is 340 g/mol. The van der Waals surface area contributed by atoms with Crippen molar-refractivity contribution < 1.29 is 14.0 Å². The van der Waals surface area contributed by atoms with Crippen molar-refractivity contribution in [2.24, 2.45) is 5.92 Å². The summed E-state index contributed by atoms with van der Waals surface area (Å²) >= 11 is 0. The lowest BCUT2D eigenvalue weighted by atomic mass is 10.1. The number of nitrogens with zero attached hydrogens (tertiary/aromatic N) is 1. The van der Waals surface area contributed by atoms with E-state index in [0.717, 1.165) is 12.8 Å². The third kappa shape index (κ3) is 4.24. The van der Waals surface area contributed by atoms with Crippen LogP contribution in [0.25, 0.3) is 0 Å². The van der Waals surface area contributed by atoms with E-state index in [9.17, 15) is 14.0 Å². The van der Waals surface area contributed by atoms with E-state index in [2.05, 4.69) is 17.4 Å². The Hall–Kier alpha value is -2.69. The summed E-state index contributed by atoms with van der Waals surface area (Å²) in [6.45, 7) is 1.03. The predicted molar refractivity (Wildman–Crippen MR) is 94.6 cm³/mol. The van der Waals surface area contributed by atoms with Crippen LogP contribution in [0, 0.1) is 11.7 Å². The van der Waals surface area contributed by atoms with Crippen LogP contribution in [0.1, 0.15) is 18.4 Å². The maximum absolute atomic E-state index is 13.0. The fourth-order valence-corrected chi connectivity index (χ4v) is 3.07. The minimum atomic E-state index is -0.651. The zero-order chi connectivity index (χ0) is 17.6. The van der Waals surface area contributed by atoms with Gasteiger partial charge in [0.15, 0.2) is 0 Å². The number of benzene rings is 2. The summed E-state index contributed by atoms with van der Waals surface area (Å²) in [4.78, 5) is 26.3. The normalized spacial score (nSPS) is 16.9. The highest BCUT2D eigenvalue weighted by Gasteiger charge is 2.37. The number of amides is 2. The average molecular weight is 340 g/mol. The molecule has 0 saturated carbocycles. The van der Waals surface area contributed by atoms with Crippen molar-refractivity contribution in [2.45, 2.75) is 19.3 Å². The molecule has 0 unspecified atom stereocenters. The molecule has 1 fully saturated rings. The first-order chi connectivity index (χ1) is 12.1. The molecule has 1 heterocycles. The van der Waals surface area contributed by atoms with E-state index in [0.29, 0.717) is 25.2 Å². The number of hydrogen-bond donors (Lipinski definition) is 1. The van der Waals surface area contributed by atoms with Crippen molar-refractivity contribution in [2.75, 3.05) is 18.0 Å². The third-order valence-corrected chi connectivity index (χ3v) is 4.44. The highest BCUT2D eigenvalue weighted by atomic mass is 19.1. The first-order valence-corrected chi connectivity index (χ1v) is 8.54. The van der Waals surface area contributed by atoms with Gasteiger partial charge in [-0.25, -0.2) is 4.39 Å². The second-order valence-electron chi connectivity index (χ2n) is 6.19. The van der Waals surface area contributed by atoms with E-state index in [1.165, 1.54) is 17.7 Å². The van der Waals surface area contributed by atoms with E-state index in [4.69, 9.17) is 0 Å². The molecule has 1 N–H and O–H groups in total. The molecule has 5 heteroatoms. The molecule has 0 bridgehead atoms. The lowest BCUT2D eigenvalue weighted by molar-refractivity contribution is -0.132. The topological polar surface area (TPSA) is 49.4 Å². The van der Waals surface area contributed by atoms with Crippen molar-refractivity contribution in [1.29, 1.82) is 0 Å². The molecule has 1 saturated heterocycles. The van der Waals surface area contributed by atoms with Crippen LogP contribution in [0.5, 0.6) is 0 Å². The van der Waals surface area contributed by atoms with Crippen LogP contribution in [0.4, 0.5) is 10.1 Å². The second-order valence-corrected chi connectivity index (χ2v) is 6.19. The van der Waals surface area contributed by atoms with Crippen molar-refractivity contribution in [3.8, 4) is 0 Å². The highest BCUT2D eigenvalue weighted by molar-refractivity contribution is 6.09. The lowest BCUT2D eigenvalue weighted by Crippen LogP contribution is -2.37. The van der Waals surface area contributed by atoms with Crippen LogP contribution in [0.15, 0.2) is 54.6 Å². The highest BCUT2D eigenvalue weighted by Crippen LogP contribution is 2.25. The molecule has 0 aliphatic carbocycles. The third-order valence-electron chi connectivity index (χ3n) is 4.44. The van der Waals surface area contributed by atoms with Crippen LogP contribution in [0.2, 0.25) is 0 Å². The van der Waals surface area contributed by atoms with Gasteiger partial charge in [-0.3, -0.25) is 9.59 Å². The molecular formula is C20H21FN2O2. The largest absolute Gasteiger partial charge is 0.355 e. The average Bonchev–Trinajstić information content (AvgIpc) is 3.02. The molecule has 0 spiro atoms. The Balaban J connectivity index is 1.48. The van der Waals surface area contributed by atoms with Gasteiger partial charge in [-0.2, -0.15) is 0 Å². The Bertz CT molecular complexity index is 731. The quantitative estimate of drug-likeness (QED) is 0.649. The SMILES string of the molecule is O=C(NCCCc1ccccc1)[C@@H]1CCN(c2ccc(F)cc2)C1=O. The molecule has 25 heavy (non-hydrogen) atoms. The first-order valence-electron chi connectivity index (χ1n) is 8.54. The second kappa shape index (κ2) is 7.92. The summed E-state index contributed by atoms with van der Waals surface area (Å²) in [7, 11) is 0. The van der Waals surface area contributed by atoms with Crippen LogP contribution in [0.3, 0.4) is 0 Å². The molecule has 130 valence electrons. The Morgan fingerprint density at radius 2 is 1.84 bits per heavy atom. The van der Waals surface area contributed by atoms with Gasteiger partial charge in [0.25, 0.3) is 0 Å². The van der Waals surface area contributed by atoms with E-state index >= 15 is 0 Å². The molecule has 1 aliphatic rings. The maximum atomic E-state index is 13.0. The van der Waals surface area contributed by atoms with E-state index < -0.39 is 5.92 Å². The zero-order valence-corrected chi connectivity index (χ0v) is 14.0. The van der Waals surface area contributed by atoms with Gasteiger partial charge >= 0.3 is 0 Å². The summed E-state index contributed by atoms with van der Waals surface area (Å²) in [5.41, 5.74) is 1.86. The van der Waals surface area contributed by atoms with Gasteiger partial charge in [0.05, 0.1) is 0 Å². The Morgan fingerprint density at radius 3 is 2.56 bits per heavy atom. The van der Waals surface area contributed by atoms with E-state index in [1.807, 2.05) is 18.2 Å². The minimum absolute atomic E-state index is 0.216. The molecule has 1 aliphatic heterocycles. The van der Waals surface area contributed by atoms with Crippen LogP contribution >= 0.6 is 0 Å². The summed E-state index contributed by atoms with van der Waals surface area (Å²) in [6, 6.07) is 15.8. The van der Waals surface area contributed by atoms with Gasteiger partial charge in [-0.05, 0) is 49.1 Å². The van der Waals surface area contributed by atoms with Crippen molar-refractivity contribution in [3.63, 3.8) is 0 Å².